The minimum absolute atomic E-state index is 0.00698. The number of benzene rings is 1. The number of Topliss-reactive ketones (excluding diaryl/α,β-unsaturated/α-hetero) is 1. The molecule has 0 spiro atoms. The van der Waals surface area contributed by atoms with Crippen LogP contribution in [0.3, 0.4) is 0 Å². The number of carboxylic acid groups (broad SMARTS) is 1. The molecule has 0 saturated carbocycles. The molecule has 2 aromatic rings. The molecule has 1 aromatic carbocycles. The Morgan fingerprint density at radius 3 is 2.65 bits per heavy atom. The molecule has 0 radical (unpaired) electrons. The zero-order valence-corrected chi connectivity index (χ0v) is 11.7. The van der Waals surface area contributed by atoms with Gasteiger partial charge in [-0.3, -0.25) is 4.79 Å². The SMILES string of the molecule is CC(=O)c1sc(Nc2c(F)cccc2Cl)nc1C(=O)O. The lowest BCUT2D eigenvalue weighted by Crippen LogP contribution is -2.03. The van der Waals surface area contributed by atoms with Crippen molar-refractivity contribution in [2.45, 2.75) is 6.92 Å². The summed E-state index contributed by atoms with van der Waals surface area (Å²) in [6.07, 6.45) is 0. The minimum atomic E-state index is -1.32. The Balaban J connectivity index is 2.42. The van der Waals surface area contributed by atoms with Crippen molar-refractivity contribution in [1.29, 1.82) is 0 Å². The molecule has 104 valence electrons. The quantitative estimate of drug-likeness (QED) is 0.843. The molecule has 2 rings (SSSR count). The molecule has 1 aromatic heterocycles. The van der Waals surface area contributed by atoms with Crippen molar-refractivity contribution < 1.29 is 19.1 Å². The summed E-state index contributed by atoms with van der Waals surface area (Å²) in [6.45, 7) is 1.24. The molecule has 2 N–H and O–H groups in total. The minimum Gasteiger partial charge on any atom is -0.476 e. The number of thiazole rings is 1. The van der Waals surface area contributed by atoms with Gasteiger partial charge >= 0.3 is 5.97 Å². The van der Waals surface area contributed by atoms with Crippen LogP contribution in [0.2, 0.25) is 5.02 Å². The van der Waals surface area contributed by atoms with Gasteiger partial charge in [0.15, 0.2) is 16.6 Å². The monoisotopic (exact) mass is 314 g/mol. The first-order valence-electron chi connectivity index (χ1n) is 5.36. The number of nitrogens with zero attached hydrogens (tertiary/aromatic N) is 1. The van der Waals surface area contributed by atoms with Crippen LogP contribution < -0.4 is 5.32 Å². The van der Waals surface area contributed by atoms with Crippen molar-refractivity contribution in [2.75, 3.05) is 5.32 Å². The average Bonchev–Trinajstić information content (AvgIpc) is 2.78. The van der Waals surface area contributed by atoms with Gasteiger partial charge in [-0.2, -0.15) is 0 Å². The van der Waals surface area contributed by atoms with Gasteiger partial charge in [0, 0.05) is 6.92 Å². The molecular formula is C12H8ClFN2O3S. The number of aromatic carboxylic acids is 1. The Kier molecular flexibility index (Phi) is 4.01. The number of aromatic nitrogens is 1. The number of carboxylic acids is 1. The van der Waals surface area contributed by atoms with Crippen LogP contribution in [0.25, 0.3) is 0 Å². The average molecular weight is 315 g/mol. The van der Waals surface area contributed by atoms with E-state index in [4.69, 9.17) is 16.7 Å². The standard InChI is InChI=1S/C12H8ClFN2O3S/c1-5(17)10-9(11(18)19)16-12(20-10)15-8-6(13)3-2-4-7(8)14/h2-4H,1H3,(H,15,16)(H,18,19). The van der Waals surface area contributed by atoms with E-state index in [0.29, 0.717) is 0 Å². The van der Waals surface area contributed by atoms with Gasteiger partial charge in [-0.15, -0.1) is 0 Å². The van der Waals surface area contributed by atoms with Crippen LogP contribution in [-0.2, 0) is 0 Å². The highest BCUT2D eigenvalue weighted by atomic mass is 35.5. The van der Waals surface area contributed by atoms with E-state index < -0.39 is 17.6 Å². The van der Waals surface area contributed by atoms with E-state index in [-0.39, 0.29) is 26.4 Å². The van der Waals surface area contributed by atoms with Crippen LogP contribution in [0.1, 0.15) is 27.1 Å². The molecule has 0 aliphatic rings. The summed E-state index contributed by atoms with van der Waals surface area (Å²) in [5.74, 6) is -2.35. The van der Waals surface area contributed by atoms with E-state index in [1.54, 1.807) is 0 Å². The summed E-state index contributed by atoms with van der Waals surface area (Å²) in [7, 11) is 0. The zero-order valence-electron chi connectivity index (χ0n) is 10.1. The van der Waals surface area contributed by atoms with Gasteiger partial charge in [0.05, 0.1) is 10.7 Å². The summed E-state index contributed by atoms with van der Waals surface area (Å²) in [5, 5.41) is 11.8. The number of para-hydroxylation sites is 1. The maximum atomic E-state index is 13.6. The first-order valence-corrected chi connectivity index (χ1v) is 6.55. The van der Waals surface area contributed by atoms with Crippen LogP contribution in [-0.4, -0.2) is 21.8 Å². The predicted octanol–water partition coefficient (Wildman–Crippen LogP) is 3.58. The molecular weight excluding hydrogens is 307 g/mol. The van der Waals surface area contributed by atoms with E-state index in [0.717, 1.165) is 11.3 Å². The first kappa shape index (κ1) is 14.4. The number of hydrogen-bond acceptors (Lipinski definition) is 5. The van der Waals surface area contributed by atoms with Gasteiger partial charge in [-0.05, 0) is 12.1 Å². The lowest BCUT2D eigenvalue weighted by Gasteiger charge is -2.05. The van der Waals surface area contributed by atoms with Gasteiger partial charge < -0.3 is 10.4 Å². The number of ketones is 1. The highest BCUT2D eigenvalue weighted by Crippen LogP contribution is 2.31. The molecule has 0 atom stereocenters. The Hall–Kier alpha value is -1.99. The van der Waals surface area contributed by atoms with Crippen molar-refractivity contribution in [3.8, 4) is 0 Å². The largest absolute Gasteiger partial charge is 0.476 e. The maximum Gasteiger partial charge on any atom is 0.356 e. The molecule has 8 heteroatoms. The van der Waals surface area contributed by atoms with Gasteiger partial charge in [-0.25, -0.2) is 14.2 Å². The van der Waals surface area contributed by atoms with E-state index in [1.807, 2.05) is 0 Å². The third kappa shape index (κ3) is 2.78. The van der Waals surface area contributed by atoms with Crippen LogP contribution in [0, 0.1) is 5.82 Å². The maximum absolute atomic E-state index is 13.6. The summed E-state index contributed by atoms with van der Waals surface area (Å²) >= 11 is 6.67. The molecule has 5 nitrogen and oxygen atoms in total. The molecule has 0 aliphatic heterocycles. The number of nitrogens with one attached hydrogen (secondary N) is 1. The third-order valence-corrected chi connectivity index (χ3v) is 3.73. The van der Waals surface area contributed by atoms with E-state index in [2.05, 4.69) is 10.3 Å². The summed E-state index contributed by atoms with van der Waals surface area (Å²) in [6, 6.07) is 4.12. The lowest BCUT2D eigenvalue weighted by molar-refractivity contribution is 0.0687. The van der Waals surface area contributed by atoms with Crippen LogP contribution >= 0.6 is 22.9 Å². The number of halogens is 2. The normalized spacial score (nSPS) is 10.3. The highest BCUT2D eigenvalue weighted by Gasteiger charge is 2.21. The smallest absolute Gasteiger partial charge is 0.356 e. The van der Waals surface area contributed by atoms with Crippen molar-refractivity contribution >= 4 is 45.5 Å². The molecule has 0 saturated heterocycles. The zero-order chi connectivity index (χ0) is 14.9. The summed E-state index contributed by atoms with van der Waals surface area (Å²) in [5.41, 5.74) is -0.382. The van der Waals surface area contributed by atoms with E-state index in [9.17, 15) is 14.0 Å². The molecule has 1 heterocycles. The second-order valence-electron chi connectivity index (χ2n) is 3.78. The highest BCUT2D eigenvalue weighted by molar-refractivity contribution is 7.17. The van der Waals surface area contributed by atoms with Crippen LogP contribution in [0.4, 0.5) is 15.2 Å². The number of carbonyl (C=O) groups is 2. The van der Waals surface area contributed by atoms with Crippen molar-refractivity contribution in [3.05, 3.63) is 39.6 Å². The van der Waals surface area contributed by atoms with Gasteiger partial charge in [0.25, 0.3) is 0 Å². The molecule has 0 amide bonds. The number of rotatable bonds is 4. The Morgan fingerprint density at radius 1 is 1.45 bits per heavy atom. The summed E-state index contributed by atoms with van der Waals surface area (Å²) in [4.78, 5) is 26.1. The molecule has 0 unspecified atom stereocenters. The van der Waals surface area contributed by atoms with Crippen molar-refractivity contribution in [3.63, 3.8) is 0 Å². The van der Waals surface area contributed by atoms with E-state index in [1.165, 1.54) is 25.1 Å². The molecule has 0 bridgehead atoms. The Morgan fingerprint density at radius 2 is 2.15 bits per heavy atom. The van der Waals surface area contributed by atoms with Gasteiger partial charge in [0.2, 0.25) is 0 Å². The number of anilines is 2. The number of carbonyl (C=O) groups excluding carboxylic acids is 1. The van der Waals surface area contributed by atoms with Crippen molar-refractivity contribution in [1.82, 2.24) is 4.98 Å². The molecule has 0 aliphatic carbocycles. The van der Waals surface area contributed by atoms with Gasteiger partial charge in [-0.1, -0.05) is 29.0 Å². The topological polar surface area (TPSA) is 79.3 Å². The fourth-order valence-corrected chi connectivity index (χ4v) is 2.55. The fraction of sp³-hybridized carbons (Fsp3) is 0.0833. The third-order valence-electron chi connectivity index (χ3n) is 2.34. The van der Waals surface area contributed by atoms with Crippen LogP contribution in [0.5, 0.6) is 0 Å². The molecule has 20 heavy (non-hydrogen) atoms. The second kappa shape index (κ2) is 5.56. The van der Waals surface area contributed by atoms with E-state index >= 15 is 0 Å². The predicted molar refractivity (Wildman–Crippen MR) is 73.8 cm³/mol. The summed E-state index contributed by atoms with van der Waals surface area (Å²) < 4.78 is 13.6. The Labute approximate surface area is 122 Å². The molecule has 0 fully saturated rings. The first-order chi connectivity index (χ1) is 9.40. The Bertz CT molecular complexity index is 650. The lowest BCUT2D eigenvalue weighted by atomic mass is 10.3. The number of hydrogen-bond donors (Lipinski definition) is 2. The van der Waals surface area contributed by atoms with Crippen molar-refractivity contribution in [2.24, 2.45) is 0 Å². The van der Waals surface area contributed by atoms with Gasteiger partial charge in [0.1, 0.15) is 10.7 Å². The fourth-order valence-electron chi connectivity index (χ4n) is 1.48. The van der Waals surface area contributed by atoms with Crippen LogP contribution in [0.15, 0.2) is 18.2 Å². The second-order valence-corrected chi connectivity index (χ2v) is 5.19.